The minimum absolute atomic E-state index is 0.184. The molecule has 2 atom stereocenters. The maximum atomic E-state index is 13.7. The molecule has 0 aromatic heterocycles. The van der Waals surface area contributed by atoms with E-state index in [4.69, 9.17) is 16.3 Å². The maximum Gasteiger partial charge on any atom is 0.126 e. The molecule has 1 saturated heterocycles. The van der Waals surface area contributed by atoms with Gasteiger partial charge in [-0.2, -0.15) is 0 Å². The van der Waals surface area contributed by atoms with Crippen molar-refractivity contribution in [1.29, 1.82) is 0 Å². The lowest BCUT2D eigenvalue weighted by molar-refractivity contribution is 0.0404. The third kappa shape index (κ3) is 3.44. The summed E-state index contributed by atoms with van der Waals surface area (Å²) < 4.78 is 19.2. The first-order valence-electron chi connectivity index (χ1n) is 6.39. The van der Waals surface area contributed by atoms with E-state index in [0.717, 1.165) is 26.1 Å². The van der Waals surface area contributed by atoms with Gasteiger partial charge in [0.2, 0.25) is 0 Å². The first kappa shape index (κ1) is 13.8. The van der Waals surface area contributed by atoms with Crippen molar-refractivity contribution < 1.29 is 9.13 Å². The number of likely N-dealkylation sites (N-methyl/N-ethyl adjacent to an activating group) is 1. The molecule has 1 aromatic rings. The van der Waals surface area contributed by atoms with Crippen LogP contribution in [-0.4, -0.2) is 26.3 Å². The van der Waals surface area contributed by atoms with E-state index in [0.29, 0.717) is 22.9 Å². The number of hydrogen-bond donors (Lipinski definition) is 1. The Bertz CT molecular complexity index is 393. The lowest BCUT2D eigenvalue weighted by Crippen LogP contribution is -2.40. The van der Waals surface area contributed by atoms with Crippen LogP contribution in [-0.2, 0) is 11.2 Å². The minimum atomic E-state index is -0.184. The van der Waals surface area contributed by atoms with Gasteiger partial charge in [0.25, 0.3) is 0 Å². The quantitative estimate of drug-likeness (QED) is 0.909. The van der Waals surface area contributed by atoms with E-state index in [2.05, 4.69) is 5.32 Å². The zero-order chi connectivity index (χ0) is 13.0. The highest BCUT2D eigenvalue weighted by Gasteiger charge is 2.24. The van der Waals surface area contributed by atoms with Crippen LogP contribution in [0.15, 0.2) is 18.2 Å². The van der Waals surface area contributed by atoms with Gasteiger partial charge in [-0.05, 0) is 56.0 Å². The SMILES string of the molecule is CNC(Cc1cc(Cl)ccc1F)C1CCCOC1. The number of halogens is 2. The topological polar surface area (TPSA) is 21.3 Å². The standard InChI is InChI=1S/C14H19ClFNO/c1-17-14(10-3-2-6-18-9-10)8-11-7-12(15)4-5-13(11)16/h4-5,7,10,14,17H,2-3,6,8-9H2,1H3. The molecule has 4 heteroatoms. The molecule has 0 spiro atoms. The summed E-state index contributed by atoms with van der Waals surface area (Å²) in [6.45, 7) is 1.60. The summed E-state index contributed by atoms with van der Waals surface area (Å²) in [5.74, 6) is 0.263. The van der Waals surface area contributed by atoms with Gasteiger partial charge in [-0.25, -0.2) is 4.39 Å². The summed E-state index contributed by atoms with van der Waals surface area (Å²) in [4.78, 5) is 0. The predicted molar refractivity (Wildman–Crippen MR) is 71.5 cm³/mol. The second-order valence-electron chi connectivity index (χ2n) is 4.81. The number of benzene rings is 1. The first-order chi connectivity index (χ1) is 8.70. The van der Waals surface area contributed by atoms with Crippen molar-refractivity contribution in [3.63, 3.8) is 0 Å². The molecule has 1 aromatic carbocycles. The van der Waals surface area contributed by atoms with Crippen molar-refractivity contribution in [2.75, 3.05) is 20.3 Å². The summed E-state index contributed by atoms with van der Waals surface area (Å²) in [7, 11) is 1.92. The molecule has 0 bridgehead atoms. The summed E-state index contributed by atoms with van der Waals surface area (Å²) in [5, 5.41) is 3.86. The number of ether oxygens (including phenoxy) is 1. The fraction of sp³-hybridized carbons (Fsp3) is 0.571. The number of hydrogen-bond acceptors (Lipinski definition) is 2. The van der Waals surface area contributed by atoms with Crippen molar-refractivity contribution in [1.82, 2.24) is 5.32 Å². The smallest absolute Gasteiger partial charge is 0.126 e. The molecule has 2 unspecified atom stereocenters. The van der Waals surface area contributed by atoms with Gasteiger partial charge in [-0.1, -0.05) is 11.6 Å². The van der Waals surface area contributed by atoms with Crippen LogP contribution in [0.2, 0.25) is 5.02 Å². The van der Waals surface area contributed by atoms with E-state index in [1.807, 2.05) is 7.05 Å². The lowest BCUT2D eigenvalue weighted by Gasteiger charge is -2.30. The first-order valence-corrected chi connectivity index (χ1v) is 6.77. The largest absolute Gasteiger partial charge is 0.381 e. The Morgan fingerprint density at radius 3 is 3.06 bits per heavy atom. The van der Waals surface area contributed by atoms with Gasteiger partial charge in [-0.3, -0.25) is 0 Å². The van der Waals surface area contributed by atoms with Crippen LogP contribution < -0.4 is 5.32 Å². The highest BCUT2D eigenvalue weighted by molar-refractivity contribution is 6.30. The fourth-order valence-electron chi connectivity index (χ4n) is 2.52. The summed E-state index contributed by atoms with van der Waals surface area (Å²) >= 11 is 5.92. The number of rotatable bonds is 4. The van der Waals surface area contributed by atoms with Crippen molar-refractivity contribution in [3.8, 4) is 0 Å². The second-order valence-corrected chi connectivity index (χ2v) is 5.25. The van der Waals surface area contributed by atoms with Crippen LogP contribution in [0.5, 0.6) is 0 Å². The van der Waals surface area contributed by atoms with Crippen LogP contribution in [0.3, 0.4) is 0 Å². The average Bonchev–Trinajstić information content (AvgIpc) is 2.41. The monoisotopic (exact) mass is 271 g/mol. The molecular formula is C14H19ClFNO. The molecule has 2 nitrogen and oxygen atoms in total. The Hall–Kier alpha value is -0.640. The molecule has 0 saturated carbocycles. The average molecular weight is 272 g/mol. The molecule has 1 fully saturated rings. The van der Waals surface area contributed by atoms with Crippen LogP contribution in [0.4, 0.5) is 4.39 Å². The van der Waals surface area contributed by atoms with Gasteiger partial charge in [0.15, 0.2) is 0 Å². The predicted octanol–water partition coefficient (Wildman–Crippen LogP) is 3.04. The van der Waals surface area contributed by atoms with Gasteiger partial charge in [-0.15, -0.1) is 0 Å². The molecule has 1 heterocycles. The molecule has 0 aliphatic carbocycles. The van der Waals surface area contributed by atoms with Crippen LogP contribution >= 0.6 is 11.6 Å². The van der Waals surface area contributed by atoms with Gasteiger partial charge in [0.05, 0.1) is 6.61 Å². The highest BCUT2D eigenvalue weighted by atomic mass is 35.5. The molecule has 1 aliphatic heterocycles. The number of nitrogens with one attached hydrogen (secondary N) is 1. The van der Waals surface area contributed by atoms with Crippen LogP contribution in [0.25, 0.3) is 0 Å². The van der Waals surface area contributed by atoms with E-state index in [-0.39, 0.29) is 11.9 Å². The Kier molecular flexibility index (Phi) is 4.98. The van der Waals surface area contributed by atoms with Gasteiger partial charge in [0.1, 0.15) is 5.82 Å². The van der Waals surface area contributed by atoms with Crippen molar-refractivity contribution in [2.45, 2.75) is 25.3 Å². The Morgan fingerprint density at radius 2 is 2.39 bits per heavy atom. The van der Waals surface area contributed by atoms with Gasteiger partial charge >= 0.3 is 0 Å². The van der Waals surface area contributed by atoms with E-state index >= 15 is 0 Å². The summed E-state index contributed by atoms with van der Waals surface area (Å²) in [6, 6.07) is 4.96. The molecule has 100 valence electrons. The lowest BCUT2D eigenvalue weighted by atomic mass is 9.89. The fourth-order valence-corrected chi connectivity index (χ4v) is 2.72. The van der Waals surface area contributed by atoms with Gasteiger partial charge in [0, 0.05) is 17.7 Å². The molecule has 18 heavy (non-hydrogen) atoms. The maximum absolute atomic E-state index is 13.7. The molecule has 0 amide bonds. The highest BCUT2D eigenvalue weighted by Crippen LogP contribution is 2.23. The van der Waals surface area contributed by atoms with Crippen molar-refractivity contribution in [3.05, 3.63) is 34.6 Å². The zero-order valence-electron chi connectivity index (χ0n) is 10.6. The van der Waals surface area contributed by atoms with Crippen molar-refractivity contribution >= 4 is 11.6 Å². The molecule has 1 N–H and O–H groups in total. The van der Waals surface area contributed by atoms with Crippen LogP contribution in [0.1, 0.15) is 18.4 Å². The molecular weight excluding hydrogens is 253 g/mol. The van der Waals surface area contributed by atoms with Gasteiger partial charge < -0.3 is 10.1 Å². The van der Waals surface area contributed by atoms with E-state index < -0.39 is 0 Å². The third-order valence-electron chi connectivity index (χ3n) is 3.58. The normalized spacial score (nSPS) is 21.8. The molecule has 0 radical (unpaired) electrons. The summed E-state index contributed by atoms with van der Waals surface area (Å²) in [6.07, 6.45) is 2.87. The second kappa shape index (κ2) is 6.50. The van der Waals surface area contributed by atoms with E-state index in [9.17, 15) is 4.39 Å². The Morgan fingerprint density at radius 1 is 1.56 bits per heavy atom. The molecule has 1 aliphatic rings. The van der Waals surface area contributed by atoms with Crippen LogP contribution in [0, 0.1) is 11.7 Å². The van der Waals surface area contributed by atoms with E-state index in [1.165, 1.54) is 6.07 Å². The third-order valence-corrected chi connectivity index (χ3v) is 3.82. The summed E-state index contributed by atoms with van der Waals surface area (Å²) in [5.41, 5.74) is 0.674. The van der Waals surface area contributed by atoms with E-state index in [1.54, 1.807) is 12.1 Å². The Balaban J connectivity index is 2.06. The zero-order valence-corrected chi connectivity index (χ0v) is 11.3. The van der Waals surface area contributed by atoms with Crippen molar-refractivity contribution in [2.24, 2.45) is 5.92 Å². The Labute approximate surface area is 112 Å². The minimum Gasteiger partial charge on any atom is -0.381 e. The molecule has 2 rings (SSSR count).